The van der Waals surface area contributed by atoms with E-state index in [0.29, 0.717) is 5.56 Å². The van der Waals surface area contributed by atoms with Crippen molar-refractivity contribution < 1.29 is 13.6 Å². The molecule has 1 aromatic rings. The van der Waals surface area contributed by atoms with Crippen LogP contribution in [0, 0.1) is 11.3 Å². The van der Waals surface area contributed by atoms with Gasteiger partial charge in [0, 0.05) is 0 Å². The second-order valence-electron chi connectivity index (χ2n) is 3.43. The smallest absolute Gasteiger partial charge is 0.292 e. The molecule has 0 saturated heterocycles. The second kappa shape index (κ2) is 7.70. The summed E-state index contributed by atoms with van der Waals surface area (Å²) in [6.07, 6.45) is 1.48. The Morgan fingerprint density at radius 1 is 1.32 bits per heavy atom. The minimum absolute atomic E-state index is 0.261. The molecule has 0 aliphatic rings. The van der Waals surface area contributed by atoms with Crippen molar-refractivity contribution >= 4 is 14.0 Å². The maximum atomic E-state index is 12.0. The lowest BCUT2D eigenvalue weighted by atomic mass is 10.2. The van der Waals surface area contributed by atoms with E-state index in [-0.39, 0.29) is 13.2 Å². The third-order valence-corrected chi connectivity index (χ3v) is 3.59. The first-order valence-electron chi connectivity index (χ1n) is 5.83. The molecule has 0 amide bonds. The first kappa shape index (κ1) is 15.4. The lowest BCUT2D eigenvalue weighted by Gasteiger charge is -2.14. The lowest BCUT2D eigenvalue weighted by molar-refractivity contribution is 0.211. The van der Waals surface area contributed by atoms with E-state index in [1.807, 2.05) is 6.07 Å². The molecule has 0 saturated carbocycles. The fraction of sp³-hybridized carbons (Fsp3) is 0.333. The summed E-state index contributed by atoms with van der Waals surface area (Å²) in [5.41, 5.74) is 1.34. The van der Waals surface area contributed by atoms with Gasteiger partial charge in [0.15, 0.2) is 0 Å². The Balaban J connectivity index is 2.65. The van der Waals surface area contributed by atoms with Crippen LogP contribution >= 0.6 is 7.75 Å². The number of rotatable bonds is 7. The Kier molecular flexibility index (Phi) is 6.23. The zero-order chi connectivity index (χ0) is 14.1. The van der Waals surface area contributed by atoms with Crippen LogP contribution in [0.2, 0.25) is 0 Å². The van der Waals surface area contributed by atoms with Crippen LogP contribution in [0.4, 0.5) is 0 Å². The van der Waals surface area contributed by atoms with Gasteiger partial charge in [0.1, 0.15) is 0 Å². The summed E-state index contributed by atoms with van der Waals surface area (Å²) in [5, 5.41) is 14.9. The highest BCUT2D eigenvalue weighted by atomic mass is 31.2. The number of hydrogen-bond acceptors (Lipinski definition) is 5. The van der Waals surface area contributed by atoms with Crippen LogP contribution in [0.25, 0.3) is 0 Å². The molecule has 102 valence electrons. The van der Waals surface area contributed by atoms with Gasteiger partial charge in [0.25, 0.3) is 0 Å². The molecule has 0 unspecified atom stereocenters. The van der Waals surface area contributed by atoms with Crippen LogP contribution in [0.3, 0.4) is 0 Å². The fourth-order valence-corrected chi connectivity index (χ4v) is 2.32. The van der Waals surface area contributed by atoms with E-state index in [1.54, 1.807) is 38.1 Å². The number of nitriles is 1. The summed E-state index contributed by atoms with van der Waals surface area (Å²) in [4.78, 5) is 0. The molecule has 0 aromatic heterocycles. The SMILES string of the molecule is CCOP(=O)(N/N=C/c1ccc(C#N)cc1)OCC. The van der Waals surface area contributed by atoms with Crippen LogP contribution in [-0.2, 0) is 13.6 Å². The molecule has 0 radical (unpaired) electrons. The van der Waals surface area contributed by atoms with Gasteiger partial charge in [-0.2, -0.15) is 10.4 Å². The van der Waals surface area contributed by atoms with Gasteiger partial charge in [-0.15, -0.1) is 0 Å². The predicted octanol–water partition coefficient (Wildman–Crippen LogP) is 2.66. The summed E-state index contributed by atoms with van der Waals surface area (Å²) in [6, 6.07) is 8.83. The van der Waals surface area contributed by atoms with E-state index in [9.17, 15) is 4.57 Å². The Bertz CT molecular complexity index is 498. The maximum Gasteiger partial charge on any atom is 0.448 e. The summed E-state index contributed by atoms with van der Waals surface area (Å²) in [6.45, 7) is 3.96. The first-order chi connectivity index (χ1) is 9.13. The van der Waals surface area contributed by atoms with E-state index < -0.39 is 7.75 Å². The Hall–Kier alpha value is -1.67. The van der Waals surface area contributed by atoms with E-state index in [0.717, 1.165) is 5.56 Å². The normalized spacial score (nSPS) is 11.4. The number of nitrogens with one attached hydrogen (secondary N) is 1. The van der Waals surface area contributed by atoms with Crippen LogP contribution in [0.1, 0.15) is 25.0 Å². The van der Waals surface area contributed by atoms with Crippen molar-refractivity contribution in [3.63, 3.8) is 0 Å². The Morgan fingerprint density at radius 3 is 2.37 bits per heavy atom. The lowest BCUT2D eigenvalue weighted by Crippen LogP contribution is -2.09. The zero-order valence-electron chi connectivity index (χ0n) is 10.9. The molecular formula is C12H16N3O3P. The van der Waals surface area contributed by atoms with E-state index in [2.05, 4.69) is 10.3 Å². The quantitative estimate of drug-likeness (QED) is 0.472. The number of hydrogen-bond donors (Lipinski definition) is 1. The van der Waals surface area contributed by atoms with Gasteiger partial charge in [-0.05, 0) is 31.5 Å². The van der Waals surface area contributed by atoms with Gasteiger partial charge in [0.05, 0.1) is 31.1 Å². The molecule has 0 aliphatic heterocycles. The minimum Gasteiger partial charge on any atom is -0.292 e. The molecule has 0 spiro atoms. The average Bonchev–Trinajstić information content (AvgIpc) is 2.40. The molecule has 0 aliphatic carbocycles. The highest BCUT2D eigenvalue weighted by Crippen LogP contribution is 2.43. The first-order valence-corrected chi connectivity index (χ1v) is 7.37. The van der Waals surface area contributed by atoms with Gasteiger partial charge in [0.2, 0.25) is 0 Å². The number of nitrogens with zero attached hydrogens (tertiary/aromatic N) is 2. The fourth-order valence-electron chi connectivity index (χ4n) is 1.25. The van der Waals surface area contributed by atoms with Crippen molar-refractivity contribution in [1.82, 2.24) is 5.20 Å². The minimum atomic E-state index is -3.37. The summed E-state index contributed by atoms with van der Waals surface area (Å²) in [7, 11) is -3.37. The molecule has 19 heavy (non-hydrogen) atoms. The standard InChI is InChI=1S/C12H16N3O3P/c1-3-17-19(16,18-4-2)15-14-10-12-7-5-11(9-13)6-8-12/h5-8,10H,3-4H2,1-2H3,(H,15,16)/b14-10+. The average molecular weight is 281 g/mol. The summed E-state index contributed by atoms with van der Waals surface area (Å²) < 4.78 is 22.0. The van der Waals surface area contributed by atoms with E-state index in [1.165, 1.54) is 6.21 Å². The third kappa shape index (κ3) is 5.23. The van der Waals surface area contributed by atoms with Gasteiger partial charge in [-0.3, -0.25) is 9.05 Å². The molecule has 7 heteroatoms. The van der Waals surface area contributed by atoms with Gasteiger partial charge in [-0.1, -0.05) is 12.1 Å². The van der Waals surface area contributed by atoms with Crippen molar-refractivity contribution in [3.05, 3.63) is 35.4 Å². The molecule has 0 atom stereocenters. The predicted molar refractivity (Wildman–Crippen MR) is 72.7 cm³/mol. The van der Waals surface area contributed by atoms with Gasteiger partial charge >= 0.3 is 7.75 Å². The highest BCUT2D eigenvalue weighted by Gasteiger charge is 2.22. The summed E-state index contributed by atoms with van der Waals surface area (Å²) in [5.74, 6) is 0. The largest absolute Gasteiger partial charge is 0.448 e. The van der Waals surface area contributed by atoms with Crippen molar-refractivity contribution in [2.45, 2.75) is 13.8 Å². The molecule has 0 fully saturated rings. The van der Waals surface area contributed by atoms with E-state index in [4.69, 9.17) is 14.3 Å². The van der Waals surface area contributed by atoms with Crippen LogP contribution in [0.5, 0.6) is 0 Å². The number of benzene rings is 1. The number of hydrazone groups is 1. The second-order valence-corrected chi connectivity index (χ2v) is 5.14. The molecular weight excluding hydrogens is 265 g/mol. The molecule has 6 nitrogen and oxygen atoms in total. The third-order valence-electron chi connectivity index (χ3n) is 2.03. The topological polar surface area (TPSA) is 83.7 Å². The zero-order valence-corrected chi connectivity index (χ0v) is 11.8. The van der Waals surface area contributed by atoms with Crippen molar-refractivity contribution in [2.75, 3.05) is 13.2 Å². The molecule has 1 N–H and O–H groups in total. The van der Waals surface area contributed by atoms with Gasteiger partial charge < -0.3 is 0 Å². The van der Waals surface area contributed by atoms with Crippen LogP contribution < -0.4 is 5.20 Å². The van der Waals surface area contributed by atoms with E-state index >= 15 is 0 Å². The molecule has 0 bridgehead atoms. The van der Waals surface area contributed by atoms with Crippen molar-refractivity contribution in [3.8, 4) is 6.07 Å². The van der Waals surface area contributed by atoms with Crippen LogP contribution in [-0.4, -0.2) is 19.4 Å². The molecule has 0 heterocycles. The monoisotopic (exact) mass is 281 g/mol. The Labute approximate surface area is 112 Å². The Morgan fingerprint density at radius 2 is 1.89 bits per heavy atom. The molecule has 1 rings (SSSR count). The van der Waals surface area contributed by atoms with Gasteiger partial charge in [-0.25, -0.2) is 9.76 Å². The maximum absolute atomic E-state index is 12.0. The van der Waals surface area contributed by atoms with Crippen molar-refractivity contribution in [1.29, 1.82) is 5.26 Å². The highest BCUT2D eigenvalue weighted by molar-refractivity contribution is 7.51. The van der Waals surface area contributed by atoms with Crippen LogP contribution in [0.15, 0.2) is 29.4 Å². The van der Waals surface area contributed by atoms with Crippen molar-refractivity contribution in [2.24, 2.45) is 5.10 Å². The summed E-state index contributed by atoms with van der Waals surface area (Å²) >= 11 is 0. The molecule has 1 aromatic carbocycles.